The highest BCUT2D eigenvalue weighted by molar-refractivity contribution is 7.08. The van der Waals surface area contributed by atoms with Crippen molar-refractivity contribution in [1.82, 2.24) is 19.8 Å². The predicted molar refractivity (Wildman–Crippen MR) is 92.6 cm³/mol. The maximum Gasteiger partial charge on any atom is 0.252 e. The number of hydrogen-bond acceptors (Lipinski definition) is 4. The number of likely N-dealkylation sites (tertiary alicyclic amines) is 1. The van der Waals surface area contributed by atoms with Crippen molar-refractivity contribution >= 4 is 17.2 Å². The number of nitrogens with zero attached hydrogens (tertiary/aromatic N) is 3. The lowest BCUT2D eigenvalue weighted by Crippen LogP contribution is -2.31. The van der Waals surface area contributed by atoms with E-state index in [9.17, 15) is 4.79 Å². The van der Waals surface area contributed by atoms with Gasteiger partial charge in [0.25, 0.3) is 5.91 Å². The van der Waals surface area contributed by atoms with E-state index >= 15 is 0 Å². The Labute approximate surface area is 141 Å². The summed E-state index contributed by atoms with van der Waals surface area (Å²) in [6, 6.07) is 2.31. The van der Waals surface area contributed by atoms with Crippen molar-refractivity contribution in [1.29, 1.82) is 0 Å². The molecular weight excluding hydrogens is 308 g/mol. The van der Waals surface area contributed by atoms with Gasteiger partial charge in [-0.3, -0.25) is 9.69 Å². The molecule has 2 aromatic heterocycles. The minimum atomic E-state index is 0.0417. The van der Waals surface area contributed by atoms with Crippen molar-refractivity contribution in [2.75, 3.05) is 19.6 Å². The summed E-state index contributed by atoms with van der Waals surface area (Å²) in [7, 11) is 0. The van der Waals surface area contributed by atoms with Crippen LogP contribution in [0.1, 0.15) is 42.5 Å². The Kier molecular flexibility index (Phi) is 5.13. The average molecular weight is 332 g/mol. The summed E-state index contributed by atoms with van der Waals surface area (Å²) < 4.78 is 2.23. The molecule has 124 valence electrons. The monoisotopic (exact) mass is 332 g/mol. The van der Waals surface area contributed by atoms with E-state index in [0.29, 0.717) is 12.0 Å². The topological polar surface area (TPSA) is 50.2 Å². The zero-order valence-electron chi connectivity index (χ0n) is 13.7. The lowest BCUT2D eigenvalue weighted by molar-refractivity contribution is 0.0947. The molecule has 5 nitrogen and oxygen atoms in total. The van der Waals surface area contributed by atoms with Crippen molar-refractivity contribution in [3.05, 3.63) is 40.6 Å². The van der Waals surface area contributed by atoms with Gasteiger partial charge >= 0.3 is 0 Å². The molecule has 1 aliphatic heterocycles. The fourth-order valence-corrected chi connectivity index (χ4v) is 3.73. The summed E-state index contributed by atoms with van der Waals surface area (Å²) in [5, 5.41) is 6.88. The van der Waals surface area contributed by atoms with E-state index in [-0.39, 0.29) is 5.91 Å². The third kappa shape index (κ3) is 4.00. The van der Waals surface area contributed by atoms with E-state index < -0.39 is 0 Å². The van der Waals surface area contributed by atoms with Gasteiger partial charge in [0.05, 0.1) is 6.54 Å². The van der Waals surface area contributed by atoms with Gasteiger partial charge in [-0.2, -0.15) is 11.3 Å². The van der Waals surface area contributed by atoms with Crippen molar-refractivity contribution in [2.45, 2.75) is 32.9 Å². The second-order valence-electron chi connectivity index (χ2n) is 6.46. The van der Waals surface area contributed by atoms with Crippen LogP contribution in [0.4, 0.5) is 0 Å². The number of hydrogen-bond donors (Lipinski definition) is 1. The zero-order valence-corrected chi connectivity index (χ0v) is 14.6. The summed E-state index contributed by atoms with van der Waals surface area (Å²) in [5.74, 6) is 1.70. The molecule has 0 unspecified atom stereocenters. The quantitative estimate of drug-likeness (QED) is 0.885. The minimum absolute atomic E-state index is 0.0417. The first-order chi connectivity index (χ1) is 11.1. The highest BCUT2D eigenvalue weighted by atomic mass is 32.1. The van der Waals surface area contributed by atoms with E-state index in [0.717, 1.165) is 44.0 Å². The number of nitrogens with one attached hydrogen (secondary N) is 1. The van der Waals surface area contributed by atoms with Gasteiger partial charge in [-0.05, 0) is 44.2 Å². The van der Waals surface area contributed by atoms with Crippen molar-refractivity contribution in [3.63, 3.8) is 0 Å². The number of thiophene rings is 1. The second-order valence-corrected chi connectivity index (χ2v) is 7.24. The van der Waals surface area contributed by atoms with Gasteiger partial charge in [-0.15, -0.1) is 0 Å². The number of imidazole rings is 1. The zero-order chi connectivity index (χ0) is 16.2. The molecule has 3 heterocycles. The summed E-state index contributed by atoms with van der Waals surface area (Å²) in [6.07, 6.45) is 5.06. The molecule has 1 N–H and O–H groups in total. The number of aromatic nitrogens is 2. The van der Waals surface area contributed by atoms with Gasteiger partial charge in [0.2, 0.25) is 0 Å². The number of carbonyl (C=O) groups excluding carboxylic acids is 1. The standard InChI is InChI=1S/C17H24N4OS/c1-13(2)21-7-5-18-16(21)11-20-6-3-14(10-20)9-19-17(22)15-4-8-23-12-15/h4-5,7-8,12-14H,3,6,9-11H2,1-2H3,(H,19,22)/t14-/m1/s1. The van der Waals surface area contributed by atoms with E-state index in [4.69, 9.17) is 0 Å². The van der Waals surface area contributed by atoms with Crippen molar-refractivity contribution in [2.24, 2.45) is 5.92 Å². The highest BCUT2D eigenvalue weighted by Crippen LogP contribution is 2.19. The van der Waals surface area contributed by atoms with Crippen LogP contribution in [0.5, 0.6) is 0 Å². The maximum atomic E-state index is 12.0. The molecular formula is C17H24N4OS. The van der Waals surface area contributed by atoms with Crippen LogP contribution < -0.4 is 5.32 Å². The Morgan fingerprint density at radius 2 is 2.39 bits per heavy atom. The molecule has 0 aliphatic carbocycles. The molecule has 1 fully saturated rings. The second kappa shape index (κ2) is 7.27. The van der Waals surface area contributed by atoms with Crippen LogP contribution >= 0.6 is 11.3 Å². The molecule has 0 spiro atoms. The third-order valence-corrected chi connectivity index (χ3v) is 5.06. The first-order valence-electron chi connectivity index (χ1n) is 8.18. The normalized spacial score (nSPS) is 18.7. The average Bonchev–Trinajstić information content (AvgIpc) is 3.27. The fourth-order valence-electron chi connectivity index (χ4n) is 3.09. The molecule has 3 rings (SSSR count). The Morgan fingerprint density at radius 1 is 1.52 bits per heavy atom. The van der Waals surface area contributed by atoms with Gasteiger partial charge < -0.3 is 9.88 Å². The van der Waals surface area contributed by atoms with E-state index in [1.54, 1.807) is 11.3 Å². The van der Waals surface area contributed by atoms with Crippen LogP contribution in [0.25, 0.3) is 0 Å². The Morgan fingerprint density at radius 3 is 3.13 bits per heavy atom. The van der Waals surface area contributed by atoms with Crippen LogP contribution in [0.2, 0.25) is 0 Å². The van der Waals surface area contributed by atoms with Gasteiger partial charge in [0.1, 0.15) is 5.82 Å². The maximum absolute atomic E-state index is 12.0. The van der Waals surface area contributed by atoms with Crippen LogP contribution in [0, 0.1) is 5.92 Å². The summed E-state index contributed by atoms with van der Waals surface area (Å²) >= 11 is 1.55. The summed E-state index contributed by atoms with van der Waals surface area (Å²) in [4.78, 5) is 18.9. The lowest BCUT2D eigenvalue weighted by Gasteiger charge is -2.18. The van der Waals surface area contributed by atoms with Crippen LogP contribution in [-0.4, -0.2) is 40.0 Å². The summed E-state index contributed by atoms with van der Waals surface area (Å²) in [6.45, 7) is 8.10. The number of carbonyl (C=O) groups is 1. The molecule has 0 saturated carbocycles. The smallest absolute Gasteiger partial charge is 0.252 e. The molecule has 1 saturated heterocycles. The highest BCUT2D eigenvalue weighted by Gasteiger charge is 2.24. The van der Waals surface area contributed by atoms with Crippen LogP contribution in [0.15, 0.2) is 29.2 Å². The van der Waals surface area contributed by atoms with E-state index in [1.807, 2.05) is 23.0 Å². The molecule has 23 heavy (non-hydrogen) atoms. The van der Waals surface area contributed by atoms with Crippen LogP contribution in [-0.2, 0) is 6.54 Å². The first kappa shape index (κ1) is 16.2. The van der Waals surface area contributed by atoms with E-state index in [2.05, 4.69) is 39.8 Å². The van der Waals surface area contributed by atoms with Gasteiger partial charge in [0.15, 0.2) is 0 Å². The molecule has 0 radical (unpaired) electrons. The van der Waals surface area contributed by atoms with Gasteiger partial charge in [-0.1, -0.05) is 0 Å². The Hall–Kier alpha value is -1.66. The summed E-state index contributed by atoms with van der Waals surface area (Å²) in [5.41, 5.74) is 0.767. The Balaban J connectivity index is 1.47. The third-order valence-electron chi connectivity index (χ3n) is 4.37. The molecule has 1 amide bonds. The first-order valence-corrected chi connectivity index (χ1v) is 9.12. The van der Waals surface area contributed by atoms with Crippen molar-refractivity contribution < 1.29 is 4.79 Å². The molecule has 2 aromatic rings. The molecule has 6 heteroatoms. The fraction of sp³-hybridized carbons (Fsp3) is 0.529. The number of rotatable bonds is 6. The minimum Gasteiger partial charge on any atom is -0.352 e. The largest absolute Gasteiger partial charge is 0.352 e. The molecule has 1 aliphatic rings. The molecule has 1 atom stereocenters. The lowest BCUT2D eigenvalue weighted by atomic mass is 10.1. The Bertz CT molecular complexity index is 635. The van der Waals surface area contributed by atoms with E-state index in [1.165, 1.54) is 0 Å². The van der Waals surface area contributed by atoms with Crippen molar-refractivity contribution in [3.8, 4) is 0 Å². The van der Waals surface area contributed by atoms with Crippen LogP contribution in [0.3, 0.4) is 0 Å². The number of amides is 1. The predicted octanol–water partition coefficient (Wildman–Crippen LogP) is 2.78. The SMILES string of the molecule is CC(C)n1ccnc1CN1CC[C@H](CNC(=O)c2ccsc2)C1. The molecule has 0 bridgehead atoms. The van der Waals surface area contributed by atoms with Gasteiger partial charge in [-0.25, -0.2) is 4.98 Å². The van der Waals surface area contributed by atoms with Gasteiger partial charge in [0, 0.05) is 42.5 Å². The molecule has 0 aromatic carbocycles.